The molecular weight excluding hydrogens is 385 g/mol. The highest BCUT2D eigenvalue weighted by molar-refractivity contribution is 6.36. The van der Waals surface area contributed by atoms with E-state index in [9.17, 15) is 5.26 Å². The van der Waals surface area contributed by atoms with Crippen LogP contribution in [0.25, 0.3) is 22.3 Å². The summed E-state index contributed by atoms with van der Waals surface area (Å²) in [6.45, 7) is 0. The molecule has 0 saturated heterocycles. The van der Waals surface area contributed by atoms with Crippen LogP contribution in [0.3, 0.4) is 0 Å². The third-order valence-electron chi connectivity index (χ3n) is 3.85. The zero-order valence-electron chi connectivity index (χ0n) is 13.7. The van der Waals surface area contributed by atoms with Crippen LogP contribution in [0.1, 0.15) is 5.56 Å². The lowest BCUT2D eigenvalue weighted by atomic mass is 10.1. The molecule has 4 N–H and O–H groups in total. The van der Waals surface area contributed by atoms with Crippen LogP contribution in [0.4, 0.5) is 17.7 Å². The summed E-state index contributed by atoms with van der Waals surface area (Å²) in [5.74, 6) is 0.673. The van der Waals surface area contributed by atoms with Crippen molar-refractivity contribution in [1.29, 1.82) is 5.26 Å². The molecule has 0 bridgehead atoms. The van der Waals surface area contributed by atoms with Crippen LogP contribution in [0, 0.1) is 11.3 Å². The lowest BCUT2D eigenvalue weighted by Crippen LogP contribution is -2.06. The lowest BCUT2D eigenvalue weighted by molar-refractivity contribution is 1.14. The number of aromatic amines is 1. The van der Waals surface area contributed by atoms with Gasteiger partial charge in [0.05, 0.1) is 21.7 Å². The predicted molar refractivity (Wildman–Crippen MR) is 106 cm³/mol. The number of nitrogens with one attached hydrogen (secondary N) is 2. The van der Waals surface area contributed by atoms with E-state index in [-0.39, 0.29) is 17.3 Å². The number of hydrogen-bond acceptors (Lipinski definition) is 6. The van der Waals surface area contributed by atoms with Crippen molar-refractivity contribution in [2.24, 2.45) is 0 Å². The molecule has 0 aliphatic heterocycles. The van der Waals surface area contributed by atoms with Gasteiger partial charge in [-0.2, -0.15) is 10.2 Å². The number of benzene rings is 2. The second-order valence-corrected chi connectivity index (χ2v) is 6.46. The molecule has 9 heteroatoms. The molecule has 0 atom stereocenters. The lowest BCUT2D eigenvalue weighted by Gasteiger charge is -2.10. The van der Waals surface area contributed by atoms with Crippen molar-refractivity contribution in [2.75, 3.05) is 11.1 Å². The summed E-state index contributed by atoms with van der Waals surface area (Å²) >= 11 is 12.2. The van der Waals surface area contributed by atoms with Gasteiger partial charge in [0.15, 0.2) is 0 Å². The van der Waals surface area contributed by atoms with Gasteiger partial charge < -0.3 is 10.7 Å². The van der Waals surface area contributed by atoms with Crippen LogP contribution in [-0.2, 0) is 0 Å². The number of imidazole rings is 1. The number of hydrogen-bond donors (Lipinski definition) is 3. The molecule has 0 saturated carbocycles. The Morgan fingerprint density at radius 1 is 1.07 bits per heavy atom. The Morgan fingerprint density at radius 2 is 1.89 bits per heavy atom. The van der Waals surface area contributed by atoms with E-state index in [4.69, 9.17) is 28.9 Å². The van der Waals surface area contributed by atoms with Gasteiger partial charge in [0.1, 0.15) is 17.5 Å². The van der Waals surface area contributed by atoms with Crippen molar-refractivity contribution in [3.8, 4) is 17.3 Å². The zero-order chi connectivity index (χ0) is 19.0. The minimum absolute atomic E-state index is 0.0344. The van der Waals surface area contributed by atoms with Gasteiger partial charge in [0.25, 0.3) is 0 Å². The van der Waals surface area contributed by atoms with Crippen LogP contribution >= 0.6 is 23.2 Å². The third-order valence-corrected chi connectivity index (χ3v) is 4.40. The largest absolute Gasteiger partial charge is 0.382 e. The first-order valence-corrected chi connectivity index (χ1v) is 8.55. The van der Waals surface area contributed by atoms with Crippen LogP contribution in [-0.4, -0.2) is 19.9 Å². The first-order valence-electron chi connectivity index (χ1n) is 7.80. The van der Waals surface area contributed by atoms with Gasteiger partial charge in [-0.3, -0.25) is 5.32 Å². The van der Waals surface area contributed by atoms with Gasteiger partial charge >= 0.3 is 0 Å². The number of para-hydroxylation sites is 2. The molecule has 27 heavy (non-hydrogen) atoms. The highest BCUT2D eigenvalue weighted by Crippen LogP contribution is 2.33. The third kappa shape index (κ3) is 3.24. The smallest absolute Gasteiger partial charge is 0.232 e. The molecular formula is C18H11Cl2N7. The molecule has 4 aromatic rings. The summed E-state index contributed by atoms with van der Waals surface area (Å²) in [6, 6.07) is 14.5. The van der Waals surface area contributed by atoms with E-state index in [1.165, 1.54) is 0 Å². The average Bonchev–Trinajstić information content (AvgIpc) is 3.03. The van der Waals surface area contributed by atoms with Crippen molar-refractivity contribution in [2.45, 2.75) is 0 Å². The van der Waals surface area contributed by atoms with Crippen LogP contribution in [0.15, 0.2) is 42.5 Å². The molecule has 2 aromatic carbocycles. The van der Waals surface area contributed by atoms with E-state index in [2.05, 4.69) is 25.3 Å². The van der Waals surface area contributed by atoms with Crippen molar-refractivity contribution in [3.05, 3.63) is 58.1 Å². The van der Waals surface area contributed by atoms with E-state index in [1.54, 1.807) is 18.2 Å². The molecule has 0 radical (unpaired) electrons. The maximum Gasteiger partial charge on any atom is 0.232 e. The first kappa shape index (κ1) is 17.1. The molecule has 0 amide bonds. The Balaban J connectivity index is 1.80. The number of nitrogens with zero attached hydrogens (tertiary/aromatic N) is 4. The minimum atomic E-state index is 0.0344. The van der Waals surface area contributed by atoms with Gasteiger partial charge in [-0.25, -0.2) is 9.97 Å². The molecule has 7 nitrogen and oxygen atoms in total. The summed E-state index contributed by atoms with van der Waals surface area (Å²) in [5.41, 5.74) is 8.59. The number of nitrogens with two attached hydrogens (primary N) is 1. The predicted octanol–water partition coefficient (Wildman–Crippen LogP) is 4.52. The number of rotatable bonds is 3. The molecule has 132 valence electrons. The van der Waals surface area contributed by atoms with Crippen LogP contribution in [0.5, 0.6) is 0 Å². The van der Waals surface area contributed by atoms with E-state index in [0.29, 0.717) is 27.3 Å². The van der Waals surface area contributed by atoms with Gasteiger partial charge in [-0.15, -0.1) is 0 Å². The normalized spacial score (nSPS) is 10.7. The van der Waals surface area contributed by atoms with Crippen molar-refractivity contribution in [1.82, 2.24) is 19.9 Å². The molecule has 0 fully saturated rings. The standard InChI is InChI=1S/C18H11Cl2N7/c19-9-5-6-10(12(20)7-9)15-11(8-21)16(22)26-18(25-15)27-17-23-13-3-1-2-4-14(13)24-17/h1-7H,(H4,22,23,24,25,26,27). The van der Waals surface area contributed by atoms with E-state index < -0.39 is 0 Å². The van der Waals surface area contributed by atoms with Gasteiger partial charge in [0, 0.05) is 10.6 Å². The second kappa shape index (κ2) is 6.76. The maximum absolute atomic E-state index is 9.46. The fourth-order valence-electron chi connectivity index (χ4n) is 2.64. The Bertz CT molecular complexity index is 1180. The molecule has 4 rings (SSSR count). The molecule has 0 aliphatic rings. The van der Waals surface area contributed by atoms with E-state index in [1.807, 2.05) is 30.3 Å². The average molecular weight is 396 g/mol. The molecule has 0 aliphatic carbocycles. The Kier molecular flexibility index (Phi) is 4.28. The maximum atomic E-state index is 9.46. The summed E-state index contributed by atoms with van der Waals surface area (Å²) in [6.07, 6.45) is 0. The van der Waals surface area contributed by atoms with Crippen LogP contribution < -0.4 is 11.1 Å². The first-order chi connectivity index (χ1) is 13.0. The number of H-pyrrole nitrogens is 1. The number of aromatic nitrogens is 4. The number of fused-ring (bicyclic) bond motifs is 1. The monoisotopic (exact) mass is 395 g/mol. The minimum Gasteiger partial charge on any atom is -0.382 e. The van der Waals surface area contributed by atoms with E-state index in [0.717, 1.165) is 11.0 Å². The van der Waals surface area contributed by atoms with Gasteiger partial charge in [-0.05, 0) is 30.3 Å². The number of nitrogen functional groups attached to an aromatic ring is 1. The number of nitriles is 1. The fourth-order valence-corrected chi connectivity index (χ4v) is 3.14. The van der Waals surface area contributed by atoms with Crippen molar-refractivity contribution >= 4 is 51.9 Å². The second-order valence-electron chi connectivity index (χ2n) is 5.62. The summed E-state index contributed by atoms with van der Waals surface area (Å²) in [5, 5.41) is 13.3. The van der Waals surface area contributed by atoms with Gasteiger partial charge in [-0.1, -0.05) is 35.3 Å². The number of halogens is 2. The highest BCUT2D eigenvalue weighted by Gasteiger charge is 2.17. The zero-order valence-corrected chi connectivity index (χ0v) is 15.2. The van der Waals surface area contributed by atoms with Crippen molar-refractivity contribution < 1.29 is 0 Å². The van der Waals surface area contributed by atoms with Crippen LogP contribution in [0.2, 0.25) is 10.0 Å². The highest BCUT2D eigenvalue weighted by atomic mass is 35.5. The van der Waals surface area contributed by atoms with E-state index >= 15 is 0 Å². The fraction of sp³-hybridized carbons (Fsp3) is 0. The SMILES string of the molecule is N#Cc1c(N)nc(Nc2nc3ccccc3[nH]2)nc1-c1ccc(Cl)cc1Cl. The molecule has 2 aromatic heterocycles. The Labute approximate surface area is 163 Å². The molecule has 0 spiro atoms. The summed E-state index contributed by atoms with van der Waals surface area (Å²) < 4.78 is 0. The molecule has 2 heterocycles. The summed E-state index contributed by atoms with van der Waals surface area (Å²) in [7, 11) is 0. The Hall–Kier alpha value is -3.34. The number of anilines is 3. The van der Waals surface area contributed by atoms with Crippen molar-refractivity contribution in [3.63, 3.8) is 0 Å². The summed E-state index contributed by atoms with van der Waals surface area (Å²) in [4.78, 5) is 16.1. The quantitative estimate of drug-likeness (QED) is 0.469. The van der Waals surface area contributed by atoms with Gasteiger partial charge in [0.2, 0.25) is 11.9 Å². The molecule has 0 unspecified atom stereocenters. The topological polar surface area (TPSA) is 116 Å². The Morgan fingerprint density at radius 3 is 2.63 bits per heavy atom.